The van der Waals surface area contributed by atoms with Crippen molar-refractivity contribution in [1.82, 2.24) is 19.4 Å². The highest BCUT2D eigenvalue weighted by molar-refractivity contribution is 5.77. The summed E-state index contributed by atoms with van der Waals surface area (Å²) < 4.78 is 2.11. The number of hydrogen-bond acceptors (Lipinski definition) is 4. The van der Waals surface area contributed by atoms with Crippen molar-refractivity contribution in [3.05, 3.63) is 30.1 Å². The van der Waals surface area contributed by atoms with Crippen molar-refractivity contribution in [1.29, 1.82) is 0 Å². The number of hydrogen-bond donors (Lipinski definition) is 1. The topological polar surface area (TPSA) is 61.6 Å². The van der Waals surface area contributed by atoms with E-state index in [1.165, 1.54) is 12.8 Å². The highest BCUT2D eigenvalue weighted by Crippen LogP contribution is 2.33. The lowest BCUT2D eigenvalue weighted by Crippen LogP contribution is -2.37. The minimum Gasteiger partial charge on any atom is -0.390 e. The molecule has 0 spiro atoms. The third-order valence-corrected chi connectivity index (χ3v) is 5.34. The molecule has 1 aromatic heterocycles. The van der Waals surface area contributed by atoms with E-state index in [0.29, 0.717) is 38.5 Å². The van der Waals surface area contributed by atoms with E-state index in [0.717, 1.165) is 23.4 Å². The van der Waals surface area contributed by atoms with Gasteiger partial charge in [0.15, 0.2) is 0 Å². The number of aryl methyl sites for hydroxylation is 1. The zero-order valence-electron chi connectivity index (χ0n) is 14.8. The van der Waals surface area contributed by atoms with Crippen LogP contribution in [0.3, 0.4) is 0 Å². The molecule has 1 saturated heterocycles. The Hall–Kier alpha value is -1.92. The quantitative estimate of drug-likeness (QED) is 0.912. The molecule has 1 aliphatic heterocycles. The summed E-state index contributed by atoms with van der Waals surface area (Å²) in [6.45, 7) is 3.18. The maximum Gasteiger partial charge on any atom is 0.222 e. The molecule has 1 N–H and O–H groups in total. The maximum absolute atomic E-state index is 12.4. The number of fused-ring (bicyclic) bond motifs is 1. The Morgan fingerprint density at radius 1 is 1.24 bits per heavy atom. The first-order valence-electron chi connectivity index (χ1n) is 9.18. The molecule has 0 radical (unpaired) electrons. The number of nitrogens with zero attached hydrogens (tertiary/aromatic N) is 4. The summed E-state index contributed by atoms with van der Waals surface area (Å²) in [6, 6.07) is 8.11. The van der Waals surface area contributed by atoms with Crippen molar-refractivity contribution in [3.8, 4) is 0 Å². The van der Waals surface area contributed by atoms with E-state index >= 15 is 0 Å². The van der Waals surface area contributed by atoms with Crippen molar-refractivity contribution in [2.45, 2.75) is 31.9 Å². The van der Waals surface area contributed by atoms with Crippen LogP contribution in [-0.4, -0.2) is 62.6 Å². The third kappa shape index (κ3) is 3.70. The second-order valence-electron chi connectivity index (χ2n) is 7.45. The molecule has 4 rings (SSSR count). The van der Waals surface area contributed by atoms with Crippen LogP contribution in [0.25, 0.3) is 11.0 Å². The summed E-state index contributed by atoms with van der Waals surface area (Å²) in [5, 5.41) is 10.4. The van der Waals surface area contributed by atoms with Crippen molar-refractivity contribution in [2.24, 2.45) is 13.0 Å². The molecule has 25 heavy (non-hydrogen) atoms. The second kappa shape index (κ2) is 6.77. The van der Waals surface area contributed by atoms with Gasteiger partial charge in [-0.3, -0.25) is 9.69 Å². The molecule has 134 valence electrons. The lowest BCUT2D eigenvalue weighted by molar-refractivity contribution is -0.132. The summed E-state index contributed by atoms with van der Waals surface area (Å²) in [5.74, 6) is 1.78. The van der Waals surface area contributed by atoms with Crippen LogP contribution in [0.2, 0.25) is 0 Å². The van der Waals surface area contributed by atoms with Crippen LogP contribution < -0.4 is 0 Å². The van der Waals surface area contributed by atoms with E-state index < -0.39 is 6.10 Å². The van der Waals surface area contributed by atoms with Crippen LogP contribution in [0, 0.1) is 5.92 Å². The van der Waals surface area contributed by atoms with E-state index in [4.69, 9.17) is 4.98 Å². The second-order valence-corrected chi connectivity index (χ2v) is 7.45. The van der Waals surface area contributed by atoms with Gasteiger partial charge in [-0.15, -0.1) is 0 Å². The summed E-state index contributed by atoms with van der Waals surface area (Å²) in [5.41, 5.74) is 2.12. The zero-order valence-corrected chi connectivity index (χ0v) is 14.8. The Morgan fingerprint density at radius 3 is 2.80 bits per heavy atom. The zero-order chi connectivity index (χ0) is 17.4. The molecule has 2 aliphatic rings. The van der Waals surface area contributed by atoms with Crippen LogP contribution in [-0.2, 0) is 18.4 Å². The first kappa shape index (κ1) is 16.5. The summed E-state index contributed by atoms with van der Waals surface area (Å²) in [7, 11) is 2.03. The first-order chi connectivity index (χ1) is 12.1. The van der Waals surface area contributed by atoms with Crippen molar-refractivity contribution in [2.75, 3.05) is 26.2 Å². The highest BCUT2D eigenvalue weighted by atomic mass is 16.3. The fraction of sp³-hybridized carbons (Fsp3) is 0.579. The van der Waals surface area contributed by atoms with Gasteiger partial charge in [0.05, 0.1) is 23.7 Å². The molecule has 1 aliphatic carbocycles. The Labute approximate surface area is 148 Å². The molecular weight excluding hydrogens is 316 g/mol. The number of rotatable bonds is 4. The molecule has 2 heterocycles. The molecule has 6 heteroatoms. The number of amides is 1. The molecule has 6 nitrogen and oxygen atoms in total. The maximum atomic E-state index is 12.4. The number of para-hydroxylation sites is 2. The lowest BCUT2D eigenvalue weighted by atomic mass is 10.2. The summed E-state index contributed by atoms with van der Waals surface area (Å²) >= 11 is 0. The molecule has 2 fully saturated rings. The number of benzene rings is 1. The van der Waals surface area contributed by atoms with E-state index in [9.17, 15) is 9.90 Å². The lowest BCUT2D eigenvalue weighted by Gasteiger charge is -2.21. The van der Waals surface area contributed by atoms with Gasteiger partial charge in [0.25, 0.3) is 0 Å². The molecule has 1 atom stereocenters. The van der Waals surface area contributed by atoms with Gasteiger partial charge in [0.1, 0.15) is 5.82 Å². The Bertz CT molecular complexity index is 768. The van der Waals surface area contributed by atoms with E-state index in [2.05, 4.69) is 15.5 Å². The molecule has 1 saturated carbocycles. The SMILES string of the molecule is Cn1c(CN2CCN(C(=O)CC3CC3)CC(O)C2)nc2ccccc21. The number of aromatic nitrogens is 2. The molecule has 1 unspecified atom stereocenters. The van der Waals surface area contributed by atoms with Gasteiger partial charge in [-0.05, 0) is 30.9 Å². The number of carbonyl (C=O) groups excluding carboxylic acids is 1. The average molecular weight is 342 g/mol. The van der Waals surface area contributed by atoms with E-state index in [-0.39, 0.29) is 5.91 Å². The van der Waals surface area contributed by atoms with Crippen LogP contribution in [0.1, 0.15) is 25.1 Å². The Balaban J connectivity index is 1.43. The predicted octanol–water partition coefficient (Wildman–Crippen LogP) is 1.38. The standard InChI is InChI=1S/C19H26N4O2/c1-21-17-5-3-2-4-16(17)20-18(21)13-22-8-9-23(12-15(24)11-22)19(25)10-14-6-7-14/h2-5,14-15,24H,6-13H2,1H3. The Kier molecular flexibility index (Phi) is 4.48. The van der Waals surface area contributed by atoms with Crippen LogP contribution in [0.4, 0.5) is 0 Å². The van der Waals surface area contributed by atoms with E-state index in [1.807, 2.05) is 30.1 Å². The number of aliphatic hydroxyl groups is 1. The van der Waals surface area contributed by atoms with Crippen LogP contribution in [0.15, 0.2) is 24.3 Å². The van der Waals surface area contributed by atoms with Crippen molar-refractivity contribution >= 4 is 16.9 Å². The number of imidazole rings is 1. The van der Waals surface area contributed by atoms with Gasteiger partial charge in [-0.25, -0.2) is 4.98 Å². The van der Waals surface area contributed by atoms with Gasteiger partial charge in [0, 0.05) is 39.6 Å². The van der Waals surface area contributed by atoms with Gasteiger partial charge >= 0.3 is 0 Å². The van der Waals surface area contributed by atoms with Gasteiger partial charge in [-0.2, -0.15) is 0 Å². The highest BCUT2D eigenvalue weighted by Gasteiger charge is 2.30. The minimum atomic E-state index is -0.500. The molecule has 1 aromatic carbocycles. The minimum absolute atomic E-state index is 0.200. The van der Waals surface area contributed by atoms with Crippen molar-refractivity contribution < 1.29 is 9.90 Å². The number of carbonyl (C=O) groups is 1. The first-order valence-corrected chi connectivity index (χ1v) is 9.18. The summed E-state index contributed by atoms with van der Waals surface area (Å²) in [6.07, 6.45) is 2.51. The summed E-state index contributed by atoms with van der Waals surface area (Å²) in [4.78, 5) is 21.1. The van der Waals surface area contributed by atoms with Crippen LogP contribution >= 0.6 is 0 Å². The van der Waals surface area contributed by atoms with Crippen molar-refractivity contribution in [3.63, 3.8) is 0 Å². The molecule has 1 amide bonds. The number of aliphatic hydroxyl groups excluding tert-OH is 1. The van der Waals surface area contributed by atoms with Gasteiger partial charge in [-0.1, -0.05) is 12.1 Å². The van der Waals surface area contributed by atoms with E-state index in [1.54, 1.807) is 0 Å². The number of β-amino-alcohol motifs (C(OH)–C–C–N with tert-alkyl or cyclic N) is 1. The fourth-order valence-corrected chi connectivity index (χ4v) is 3.66. The normalized spacial score (nSPS) is 22.3. The smallest absolute Gasteiger partial charge is 0.222 e. The monoisotopic (exact) mass is 342 g/mol. The largest absolute Gasteiger partial charge is 0.390 e. The third-order valence-electron chi connectivity index (χ3n) is 5.34. The van der Waals surface area contributed by atoms with Gasteiger partial charge in [0.2, 0.25) is 5.91 Å². The van der Waals surface area contributed by atoms with Crippen LogP contribution in [0.5, 0.6) is 0 Å². The molecule has 2 aromatic rings. The Morgan fingerprint density at radius 2 is 2.04 bits per heavy atom. The predicted molar refractivity (Wildman–Crippen MR) is 95.9 cm³/mol. The molecular formula is C19H26N4O2. The van der Waals surface area contributed by atoms with Gasteiger partial charge < -0.3 is 14.6 Å². The average Bonchev–Trinajstić information content (AvgIpc) is 3.37. The fourth-order valence-electron chi connectivity index (χ4n) is 3.66. The molecule has 0 bridgehead atoms.